The molecule has 20 heavy (non-hydrogen) atoms. The molecule has 0 aliphatic carbocycles. The van der Waals surface area contributed by atoms with E-state index in [1.54, 1.807) is 36.4 Å². The quantitative estimate of drug-likeness (QED) is 0.680. The highest BCUT2D eigenvalue weighted by Crippen LogP contribution is 2.18. The van der Waals surface area contributed by atoms with Crippen molar-refractivity contribution in [2.45, 2.75) is 12.8 Å². The van der Waals surface area contributed by atoms with E-state index in [0.717, 1.165) is 6.29 Å². The zero-order valence-corrected chi connectivity index (χ0v) is 10.7. The SMILES string of the molecule is O=Cc1ccc2oc(CCc3ccccc3F)nc2c1. The maximum absolute atomic E-state index is 13.5. The average molecular weight is 269 g/mol. The summed E-state index contributed by atoms with van der Waals surface area (Å²) in [6.45, 7) is 0. The molecule has 0 aliphatic rings. The summed E-state index contributed by atoms with van der Waals surface area (Å²) in [5.41, 5.74) is 2.49. The Kier molecular flexibility index (Phi) is 3.29. The first-order valence-electron chi connectivity index (χ1n) is 6.34. The van der Waals surface area contributed by atoms with Gasteiger partial charge in [0, 0.05) is 12.0 Å². The predicted octanol–water partition coefficient (Wildman–Crippen LogP) is 3.56. The van der Waals surface area contributed by atoms with Crippen LogP contribution in [0.3, 0.4) is 0 Å². The number of aryl methyl sites for hydroxylation is 2. The van der Waals surface area contributed by atoms with Crippen LogP contribution in [0.5, 0.6) is 0 Å². The van der Waals surface area contributed by atoms with E-state index in [9.17, 15) is 9.18 Å². The molecule has 0 saturated carbocycles. The van der Waals surface area contributed by atoms with Crippen LogP contribution in [0, 0.1) is 5.82 Å². The maximum atomic E-state index is 13.5. The summed E-state index contributed by atoms with van der Waals surface area (Å²) in [5, 5.41) is 0. The number of carbonyl (C=O) groups is 1. The van der Waals surface area contributed by atoms with Crippen molar-refractivity contribution in [1.29, 1.82) is 0 Å². The fraction of sp³-hybridized carbons (Fsp3) is 0.125. The smallest absolute Gasteiger partial charge is 0.195 e. The molecule has 0 bridgehead atoms. The van der Waals surface area contributed by atoms with Gasteiger partial charge in [0.1, 0.15) is 17.6 Å². The standard InChI is InChI=1S/C16H12FNO2/c17-13-4-2-1-3-12(13)6-8-16-18-14-9-11(10-19)5-7-15(14)20-16/h1-5,7,9-10H,6,8H2. The van der Waals surface area contributed by atoms with Crippen LogP contribution in [0.2, 0.25) is 0 Å². The van der Waals surface area contributed by atoms with Crippen molar-refractivity contribution in [3.05, 3.63) is 65.3 Å². The second-order valence-electron chi connectivity index (χ2n) is 4.54. The number of rotatable bonds is 4. The van der Waals surface area contributed by atoms with Crippen LogP contribution in [-0.2, 0) is 12.8 Å². The van der Waals surface area contributed by atoms with E-state index in [1.807, 2.05) is 0 Å². The number of halogens is 1. The van der Waals surface area contributed by atoms with Gasteiger partial charge < -0.3 is 4.42 Å². The van der Waals surface area contributed by atoms with Gasteiger partial charge in [-0.15, -0.1) is 0 Å². The second kappa shape index (κ2) is 5.25. The van der Waals surface area contributed by atoms with Crippen molar-refractivity contribution < 1.29 is 13.6 Å². The molecule has 1 aromatic heterocycles. The van der Waals surface area contributed by atoms with Crippen LogP contribution in [0.25, 0.3) is 11.1 Å². The zero-order chi connectivity index (χ0) is 13.9. The van der Waals surface area contributed by atoms with Crippen LogP contribution >= 0.6 is 0 Å². The van der Waals surface area contributed by atoms with Gasteiger partial charge in [0.15, 0.2) is 11.5 Å². The topological polar surface area (TPSA) is 43.1 Å². The molecule has 3 rings (SSSR count). The number of carbonyl (C=O) groups excluding carboxylic acids is 1. The van der Waals surface area contributed by atoms with Crippen molar-refractivity contribution in [2.75, 3.05) is 0 Å². The average Bonchev–Trinajstić information content (AvgIpc) is 2.88. The molecule has 0 unspecified atom stereocenters. The molecular formula is C16H12FNO2. The third kappa shape index (κ3) is 2.45. The molecule has 0 aliphatic heterocycles. The highest BCUT2D eigenvalue weighted by molar-refractivity contribution is 5.83. The van der Waals surface area contributed by atoms with Gasteiger partial charge in [-0.1, -0.05) is 18.2 Å². The molecule has 0 saturated heterocycles. The number of aldehydes is 1. The lowest BCUT2D eigenvalue weighted by atomic mass is 10.1. The summed E-state index contributed by atoms with van der Waals surface area (Å²) in [6.07, 6.45) is 1.82. The summed E-state index contributed by atoms with van der Waals surface area (Å²) in [7, 11) is 0. The van der Waals surface area contributed by atoms with Crippen LogP contribution in [0.15, 0.2) is 46.9 Å². The first-order valence-corrected chi connectivity index (χ1v) is 6.34. The summed E-state index contributed by atoms with van der Waals surface area (Å²) < 4.78 is 19.1. The van der Waals surface area contributed by atoms with E-state index in [-0.39, 0.29) is 5.82 Å². The molecule has 0 radical (unpaired) electrons. The molecule has 3 nitrogen and oxygen atoms in total. The monoisotopic (exact) mass is 269 g/mol. The predicted molar refractivity (Wildman–Crippen MR) is 73.2 cm³/mol. The molecule has 0 N–H and O–H groups in total. The largest absolute Gasteiger partial charge is 0.441 e. The van der Waals surface area contributed by atoms with E-state index in [0.29, 0.717) is 41.0 Å². The minimum Gasteiger partial charge on any atom is -0.441 e. The van der Waals surface area contributed by atoms with Gasteiger partial charge in [0.05, 0.1) is 0 Å². The Morgan fingerprint density at radius 2 is 2.00 bits per heavy atom. The molecule has 100 valence electrons. The van der Waals surface area contributed by atoms with E-state index in [4.69, 9.17) is 4.42 Å². The molecule has 0 atom stereocenters. The zero-order valence-electron chi connectivity index (χ0n) is 10.7. The first-order chi connectivity index (χ1) is 9.76. The van der Waals surface area contributed by atoms with Crippen LogP contribution in [0.1, 0.15) is 21.8 Å². The first kappa shape index (κ1) is 12.5. The Balaban J connectivity index is 1.81. The third-order valence-corrected chi connectivity index (χ3v) is 3.16. The van der Waals surface area contributed by atoms with Gasteiger partial charge in [-0.3, -0.25) is 4.79 Å². The number of nitrogens with zero attached hydrogens (tertiary/aromatic N) is 1. The summed E-state index contributed by atoms with van der Waals surface area (Å²) in [6, 6.07) is 11.7. The van der Waals surface area contributed by atoms with Crippen molar-refractivity contribution >= 4 is 17.4 Å². The van der Waals surface area contributed by atoms with E-state index in [2.05, 4.69) is 4.98 Å². The van der Waals surface area contributed by atoms with Crippen molar-refractivity contribution in [1.82, 2.24) is 4.98 Å². The maximum Gasteiger partial charge on any atom is 0.195 e. The number of hydrogen-bond acceptors (Lipinski definition) is 3. The number of fused-ring (bicyclic) bond motifs is 1. The summed E-state index contributed by atoms with van der Waals surface area (Å²) in [5.74, 6) is 0.332. The molecule has 0 fully saturated rings. The number of oxazole rings is 1. The molecule has 3 aromatic rings. The molecule has 2 aromatic carbocycles. The molecule has 0 amide bonds. The summed E-state index contributed by atoms with van der Waals surface area (Å²) >= 11 is 0. The fourth-order valence-corrected chi connectivity index (χ4v) is 2.12. The highest BCUT2D eigenvalue weighted by atomic mass is 19.1. The Labute approximate surface area is 115 Å². The third-order valence-electron chi connectivity index (χ3n) is 3.16. The molecular weight excluding hydrogens is 257 g/mol. The Morgan fingerprint density at radius 1 is 1.15 bits per heavy atom. The van der Waals surface area contributed by atoms with Crippen LogP contribution in [0.4, 0.5) is 4.39 Å². The van der Waals surface area contributed by atoms with Gasteiger partial charge in [0.2, 0.25) is 0 Å². The normalized spacial score (nSPS) is 10.8. The molecule has 0 spiro atoms. The summed E-state index contributed by atoms with van der Waals surface area (Å²) in [4.78, 5) is 15.0. The van der Waals surface area contributed by atoms with Crippen LogP contribution in [-0.4, -0.2) is 11.3 Å². The van der Waals surface area contributed by atoms with Crippen molar-refractivity contribution in [3.63, 3.8) is 0 Å². The molecule has 4 heteroatoms. The highest BCUT2D eigenvalue weighted by Gasteiger charge is 2.08. The van der Waals surface area contributed by atoms with Gasteiger partial charge in [-0.25, -0.2) is 9.37 Å². The fourth-order valence-electron chi connectivity index (χ4n) is 2.12. The van der Waals surface area contributed by atoms with Gasteiger partial charge >= 0.3 is 0 Å². The van der Waals surface area contributed by atoms with Crippen molar-refractivity contribution in [2.24, 2.45) is 0 Å². The van der Waals surface area contributed by atoms with E-state index in [1.165, 1.54) is 6.07 Å². The Bertz CT molecular complexity index is 764. The minimum atomic E-state index is -0.216. The second-order valence-corrected chi connectivity index (χ2v) is 4.54. The Hall–Kier alpha value is -2.49. The van der Waals surface area contributed by atoms with Gasteiger partial charge in [-0.2, -0.15) is 0 Å². The minimum absolute atomic E-state index is 0.216. The van der Waals surface area contributed by atoms with Gasteiger partial charge in [0.25, 0.3) is 0 Å². The van der Waals surface area contributed by atoms with Crippen molar-refractivity contribution in [3.8, 4) is 0 Å². The lowest BCUT2D eigenvalue weighted by Gasteiger charge is -1.99. The lowest BCUT2D eigenvalue weighted by Crippen LogP contribution is -1.94. The van der Waals surface area contributed by atoms with E-state index >= 15 is 0 Å². The lowest BCUT2D eigenvalue weighted by molar-refractivity contribution is 0.112. The number of aromatic nitrogens is 1. The molecule has 1 heterocycles. The van der Waals surface area contributed by atoms with Gasteiger partial charge in [-0.05, 0) is 36.2 Å². The Morgan fingerprint density at radius 3 is 2.80 bits per heavy atom. The van der Waals surface area contributed by atoms with E-state index < -0.39 is 0 Å². The number of hydrogen-bond donors (Lipinski definition) is 0. The number of benzene rings is 2. The van der Waals surface area contributed by atoms with Crippen LogP contribution < -0.4 is 0 Å².